The van der Waals surface area contributed by atoms with Crippen molar-refractivity contribution in [2.24, 2.45) is 11.8 Å². The summed E-state index contributed by atoms with van der Waals surface area (Å²) in [7, 11) is 4.57. The first-order valence-corrected chi connectivity index (χ1v) is 7.82. The summed E-state index contributed by atoms with van der Waals surface area (Å²) in [6.45, 7) is 7.67. The van der Waals surface area contributed by atoms with Crippen molar-refractivity contribution < 1.29 is 0 Å². The van der Waals surface area contributed by atoms with Crippen molar-refractivity contribution in [3.8, 4) is 0 Å². The topological polar surface area (TPSA) is 18.5 Å². The molecule has 2 rings (SSSR count). The fraction of sp³-hybridized carbons (Fsp3) is 1.00. The molecule has 0 aromatic rings. The maximum Gasteiger partial charge on any atom is 0.00188 e. The zero-order valence-corrected chi connectivity index (χ0v) is 12.3. The Hall–Kier alpha value is -0.120. The molecule has 2 atom stereocenters. The Morgan fingerprint density at radius 2 is 2.06 bits per heavy atom. The molecule has 2 unspecified atom stereocenters. The lowest BCUT2D eigenvalue weighted by molar-refractivity contribution is 0.161. The van der Waals surface area contributed by atoms with Gasteiger partial charge in [-0.1, -0.05) is 0 Å². The van der Waals surface area contributed by atoms with Crippen LogP contribution < -0.4 is 5.32 Å². The molecule has 3 heteroatoms. The standard InChI is InChI=1S/C15H31N3/c1-17-9-4-6-15(12-17)13-18(2)10-7-14-5-3-8-16-11-14/h14-16H,3-13H2,1-2H3. The predicted molar refractivity (Wildman–Crippen MR) is 77.9 cm³/mol. The quantitative estimate of drug-likeness (QED) is 0.804. The second-order valence-electron chi connectivity index (χ2n) is 6.53. The van der Waals surface area contributed by atoms with Gasteiger partial charge in [0.2, 0.25) is 0 Å². The van der Waals surface area contributed by atoms with Crippen LogP contribution in [0.2, 0.25) is 0 Å². The summed E-state index contributed by atoms with van der Waals surface area (Å²) in [5, 5.41) is 3.52. The van der Waals surface area contributed by atoms with E-state index in [1.165, 1.54) is 71.4 Å². The SMILES string of the molecule is CN1CCCC(CN(C)CCC2CCCNC2)C1. The summed E-state index contributed by atoms with van der Waals surface area (Å²) >= 11 is 0. The summed E-state index contributed by atoms with van der Waals surface area (Å²) < 4.78 is 0. The zero-order chi connectivity index (χ0) is 12.8. The second-order valence-corrected chi connectivity index (χ2v) is 6.53. The smallest absolute Gasteiger partial charge is 0.00188 e. The molecule has 0 aromatic heterocycles. The van der Waals surface area contributed by atoms with Gasteiger partial charge in [-0.15, -0.1) is 0 Å². The van der Waals surface area contributed by atoms with Crippen molar-refractivity contribution in [2.45, 2.75) is 32.1 Å². The average Bonchev–Trinajstić information content (AvgIpc) is 2.38. The van der Waals surface area contributed by atoms with E-state index >= 15 is 0 Å². The molecule has 1 N–H and O–H groups in total. The Balaban J connectivity index is 1.60. The fourth-order valence-corrected chi connectivity index (χ4v) is 3.53. The summed E-state index contributed by atoms with van der Waals surface area (Å²) in [4.78, 5) is 5.06. The zero-order valence-electron chi connectivity index (χ0n) is 12.3. The molecule has 0 aromatic carbocycles. The van der Waals surface area contributed by atoms with Gasteiger partial charge in [0, 0.05) is 13.1 Å². The molecule has 0 amide bonds. The highest BCUT2D eigenvalue weighted by Gasteiger charge is 2.19. The highest BCUT2D eigenvalue weighted by molar-refractivity contribution is 4.74. The van der Waals surface area contributed by atoms with Crippen LogP contribution in [0.4, 0.5) is 0 Å². The van der Waals surface area contributed by atoms with Gasteiger partial charge in [-0.25, -0.2) is 0 Å². The van der Waals surface area contributed by atoms with Gasteiger partial charge in [-0.3, -0.25) is 0 Å². The molecule has 0 radical (unpaired) electrons. The van der Waals surface area contributed by atoms with Crippen molar-refractivity contribution in [2.75, 3.05) is 53.4 Å². The number of nitrogens with zero attached hydrogens (tertiary/aromatic N) is 2. The van der Waals surface area contributed by atoms with Crippen LogP contribution in [-0.2, 0) is 0 Å². The molecule has 0 saturated carbocycles. The van der Waals surface area contributed by atoms with Crippen LogP contribution in [0.15, 0.2) is 0 Å². The predicted octanol–water partition coefficient (Wildman–Crippen LogP) is 1.65. The number of rotatable bonds is 5. The van der Waals surface area contributed by atoms with Crippen molar-refractivity contribution in [1.29, 1.82) is 0 Å². The third kappa shape index (κ3) is 4.87. The lowest BCUT2D eigenvalue weighted by Crippen LogP contribution is -2.39. The van der Waals surface area contributed by atoms with Crippen LogP contribution in [0.5, 0.6) is 0 Å². The number of hydrogen-bond acceptors (Lipinski definition) is 3. The number of piperidine rings is 2. The van der Waals surface area contributed by atoms with Crippen molar-refractivity contribution >= 4 is 0 Å². The largest absolute Gasteiger partial charge is 0.316 e. The Labute approximate surface area is 113 Å². The first-order valence-electron chi connectivity index (χ1n) is 7.82. The number of nitrogens with one attached hydrogen (secondary N) is 1. The minimum absolute atomic E-state index is 0.901. The third-order valence-electron chi connectivity index (χ3n) is 4.61. The van der Waals surface area contributed by atoms with E-state index in [2.05, 4.69) is 29.2 Å². The van der Waals surface area contributed by atoms with E-state index < -0.39 is 0 Å². The summed E-state index contributed by atoms with van der Waals surface area (Å²) in [5.41, 5.74) is 0. The van der Waals surface area contributed by atoms with E-state index in [1.807, 2.05) is 0 Å². The van der Waals surface area contributed by atoms with Crippen LogP contribution in [0, 0.1) is 11.8 Å². The Morgan fingerprint density at radius 3 is 2.78 bits per heavy atom. The molecule has 3 nitrogen and oxygen atoms in total. The fourth-order valence-electron chi connectivity index (χ4n) is 3.53. The van der Waals surface area contributed by atoms with E-state index in [0.29, 0.717) is 0 Å². The first kappa shape index (κ1) is 14.3. The van der Waals surface area contributed by atoms with Gasteiger partial charge in [0.05, 0.1) is 0 Å². The molecule has 2 saturated heterocycles. The molecule has 2 fully saturated rings. The minimum Gasteiger partial charge on any atom is -0.316 e. The molecule has 2 aliphatic heterocycles. The van der Waals surface area contributed by atoms with Crippen LogP contribution in [0.3, 0.4) is 0 Å². The summed E-state index contributed by atoms with van der Waals surface area (Å²) in [6.07, 6.45) is 7.02. The van der Waals surface area contributed by atoms with E-state index in [-0.39, 0.29) is 0 Å². The average molecular weight is 253 g/mol. The van der Waals surface area contributed by atoms with Gasteiger partial charge in [0.1, 0.15) is 0 Å². The lowest BCUT2D eigenvalue weighted by Gasteiger charge is -2.33. The van der Waals surface area contributed by atoms with E-state index in [1.54, 1.807) is 0 Å². The number of likely N-dealkylation sites (tertiary alicyclic amines) is 1. The monoisotopic (exact) mass is 253 g/mol. The minimum atomic E-state index is 0.901. The first-order chi connectivity index (χ1) is 8.74. The van der Waals surface area contributed by atoms with Gasteiger partial charge in [0.15, 0.2) is 0 Å². The lowest BCUT2D eigenvalue weighted by atomic mass is 9.95. The van der Waals surface area contributed by atoms with Crippen LogP contribution in [0.1, 0.15) is 32.1 Å². The van der Waals surface area contributed by atoms with Crippen LogP contribution in [-0.4, -0.2) is 63.2 Å². The van der Waals surface area contributed by atoms with E-state index in [9.17, 15) is 0 Å². The highest BCUT2D eigenvalue weighted by Crippen LogP contribution is 2.18. The van der Waals surface area contributed by atoms with Crippen molar-refractivity contribution in [1.82, 2.24) is 15.1 Å². The molecule has 2 heterocycles. The maximum atomic E-state index is 3.52. The van der Waals surface area contributed by atoms with Gasteiger partial charge in [-0.2, -0.15) is 0 Å². The van der Waals surface area contributed by atoms with Crippen LogP contribution >= 0.6 is 0 Å². The molecule has 2 aliphatic rings. The van der Waals surface area contributed by atoms with Gasteiger partial charge in [0.25, 0.3) is 0 Å². The molecule has 0 aliphatic carbocycles. The maximum absolute atomic E-state index is 3.52. The molecule has 106 valence electrons. The highest BCUT2D eigenvalue weighted by atomic mass is 15.1. The Kier molecular flexibility index (Phi) is 5.93. The van der Waals surface area contributed by atoms with E-state index in [0.717, 1.165) is 11.8 Å². The van der Waals surface area contributed by atoms with Crippen molar-refractivity contribution in [3.63, 3.8) is 0 Å². The normalized spacial score (nSPS) is 30.8. The summed E-state index contributed by atoms with van der Waals surface area (Å²) in [5.74, 6) is 1.83. The Morgan fingerprint density at radius 1 is 1.22 bits per heavy atom. The number of hydrogen-bond donors (Lipinski definition) is 1. The van der Waals surface area contributed by atoms with Gasteiger partial charge in [-0.05, 0) is 84.2 Å². The molecule has 0 spiro atoms. The van der Waals surface area contributed by atoms with Gasteiger partial charge < -0.3 is 15.1 Å². The molecule has 0 bridgehead atoms. The molecular weight excluding hydrogens is 222 g/mol. The molecule has 18 heavy (non-hydrogen) atoms. The van der Waals surface area contributed by atoms with Crippen LogP contribution in [0.25, 0.3) is 0 Å². The Bertz CT molecular complexity index is 226. The van der Waals surface area contributed by atoms with E-state index in [4.69, 9.17) is 0 Å². The second kappa shape index (κ2) is 7.46. The summed E-state index contributed by atoms with van der Waals surface area (Å²) in [6, 6.07) is 0. The van der Waals surface area contributed by atoms with Gasteiger partial charge >= 0.3 is 0 Å². The molecular formula is C15H31N3. The van der Waals surface area contributed by atoms with Crippen molar-refractivity contribution in [3.05, 3.63) is 0 Å². The third-order valence-corrected chi connectivity index (χ3v) is 4.61.